The van der Waals surface area contributed by atoms with Gasteiger partial charge in [-0.05, 0) is 37.0 Å². The van der Waals surface area contributed by atoms with Gasteiger partial charge in [0.05, 0.1) is 19.3 Å². The molecule has 0 aliphatic carbocycles. The van der Waals surface area contributed by atoms with Crippen molar-refractivity contribution in [3.8, 4) is 0 Å². The van der Waals surface area contributed by atoms with Crippen LogP contribution < -0.4 is 10.6 Å². The maximum atomic E-state index is 4.69. The van der Waals surface area contributed by atoms with Crippen LogP contribution in [0.3, 0.4) is 0 Å². The molecule has 24 heavy (non-hydrogen) atoms. The van der Waals surface area contributed by atoms with Crippen LogP contribution in [0.25, 0.3) is 0 Å². The lowest BCUT2D eigenvalue weighted by atomic mass is 10.1. The number of halogens is 1. The number of guanidine groups is 1. The van der Waals surface area contributed by atoms with Crippen LogP contribution >= 0.6 is 24.0 Å². The Balaban J connectivity index is 0.00000288. The summed E-state index contributed by atoms with van der Waals surface area (Å²) in [7, 11) is 0. The van der Waals surface area contributed by atoms with Crippen LogP contribution in [0.2, 0.25) is 0 Å². The van der Waals surface area contributed by atoms with Crippen LogP contribution in [-0.2, 0) is 19.5 Å². The number of nitrogens with one attached hydrogen (secondary N) is 2. The highest BCUT2D eigenvalue weighted by atomic mass is 127. The van der Waals surface area contributed by atoms with Crippen LogP contribution in [0, 0.1) is 6.92 Å². The minimum Gasteiger partial charge on any atom is -0.357 e. The van der Waals surface area contributed by atoms with Gasteiger partial charge in [-0.15, -0.1) is 24.0 Å². The van der Waals surface area contributed by atoms with Gasteiger partial charge in [0, 0.05) is 19.3 Å². The summed E-state index contributed by atoms with van der Waals surface area (Å²) in [6, 6.07) is 8.48. The molecule has 2 N–H and O–H groups in total. The minimum atomic E-state index is 0. The standard InChI is InChI=1S/C18H27N5.HI/c1-4-16-8-6-7-9-17(16)13-21-18(19-5-2)20-10-11-23-14-15(3)12-22-23;/h6-9,12,14H,4-5,10-11,13H2,1-3H3,(H2,19,20,21);1H. The van der Waals surface area contributed by atoms with Crippen LogP contribution in [0.4, 0.5) is 0 Å². The first-order chi connectivity index (χ1) is 11.2. The zero-order valence-electron chi connectivity index (χ0n) is 14.7. The molecule has 0 atom stereocenters. The van der Waals surface area contributed by atoms with Gasteiger partial charge in [0.15, 0.2) is 5.96 Å². The minimum absolute atomic E-state index is 0. The van der Waals surface area contributed by atoms with Crippen molar-refractivity contribution in [2.24, 2.45) is 4.99 Å². The number of rotatable bonds is 7. The largest absolute Gasteiger partial charge is 0.357 e. The molecule has 1 heterocycles. The van der Waals surface area contributed by atoms with Gasteiger partial charge in [0.2, 0.25) is 0 Å². The second kappa shape index (κ2) is 11.1. The third-order valence-electron chi connectivity index (χ3n) is 3.65. The lowest BCUT2D eigenvalue weighted by molar-refractivity contribution is 0.597. The Morgan fingerprint density at radius 3 is 2.54 bits per heavy atom. The summed E-state index contributed by atoms with van der Waals surface area (Å²) in [5.74, 6) is 0.849. The van der Waals surface area contributed by atoms with Crippen LogP contribution in [-0.4, -0.2) is 28.8 Å². The lowest BCUT2D eigenvalue weighted by Crippen LogP contribution is -2.38. The van der Waals surface area contributed by atoms with E-state index in [0.717, 1.165) is 32.0 Å². The molecule has 0 amide bonds. The third kappa shape index (κ3) is 6.51. The normalized spacial score (nSPS) is 11.0. The van der Waals surface area contributed by atoms with Crippen molar-refractivity contribution < 1.29 is 0 Å². The van der Waals surface area contributed by atoms with Crippen LogP contribution in [0.5, 0.6) is 0 Å². The fraction of sp³-hybridized carbons (Fsp3) is 0.444. The maximum Gasteiger partial charge on any atom is 0.191 e. The lowest BCUT2D eigenvalue weighted by Gasteiger charge is -2.12. The van der Waals surface area contributed by atoms with E-state index >= 15 is 0 Å². The van der Waals surface area contributed by atoms with Gasteiger partial charge in [0.1, 0.15) is 0 Å². The molecule has 0 aliphatic heterocycles. The Labute approximate surface area is 162 Å². The van der Waals surface area contributed by atoms with E-state index in [1.165, 1.54) is 16.7 Å². The molecule has 132 valence electrons. The SMILES string of the molecule is CCNC(=NCc1ccccc1CC)NCCn1cc(C)cn1.I. The predicted molar refractivity (Wildman–Crippen MR) is 111 cm³/mol. The number of hydrogen-bond acceptors (Lipinski definition) is 2. The van der Waals surface area contributed by atoms with Crippen molar-refractivity contribution in [2.75, 3.05) is 13.1 Å². The first-order valence-corrected chi connectivity index (χ1v) is 8.31. The number of aryl methyl sites for hydroxylation is 2. The van der Waals surface area contributed by atoms with E-state index in [-0.39, 0.29) is 24.0 Å². The highest BCUT2D eigenvalue weighted by molar-refractivity contribution is 14.0. The van der Waals surface area contributed by atoms with E-state index < -0.39 is 0 Å². The van der Waals surface area contributed by atoms with Crippen molar-refractivity contribution >= 4 is 29.9 Å². The van der Waals surface area contributed by atoms with Crippen molar-refractivity contribution in [1.82, 2.24) is 20.4 Å². The van der Waals surface area contributed by atoms with E-state index in [1.54, 1.807) is 0 Å². The third-order valence-corrected chi connectivity index (χ3v) is 3.65. The van der Waals surface area contributed by atoms with Crippen LogP contribution in [0.1, 0.15) is 30.5 Å². The molecule has 0 unspecified atom stereocenters. The molecular formula is C18H28IN5. The van der Waals surface area contributed by atoms with E-state index in [9.17, 15) is 0 Å². The van der Waals surface area contributed by atoms with E-state index in [1.807, 2.05) is 24.0 Å². The fourth-order valence-corrected chi connectivity index (χ4v) is 2.44. The first-order valence-electron chi connectivity index (χ1n) is 8.31. The number of aliphatic imine (C=N–C) groups is 1. The quantitative estimate of drug-likeness (QED) is 0.395. The monoisotopic (exact) mass is 441 g/mol. The summed E-state index contributed by atoms with van der Waals surface area (Å²) in [6.07, 6.45) is 4.96. The predicted octanol–water partition coefficient (Wildman–Crippen LogP) is 3.13. The molecule has 0 radical (unpaired) electrons. The zero-order chi connectivity index (χ0) is 16.5. The van der Waals surface area contributed by atoms with E-state index in [4.69, 9.17) is 4.99 Å². The average Bonchev–Trinajstić information content (AvgIpc) is 2.98. The van der Waals surface area contributed by atoms with Gasteiger partial charge in [0.25, 0.3) is 0 Å². The van der Waals surface area contributed by atoms with Gasteiger partial charge >= 0.3 is 0 Å². The van der Waals surface area contributed by atoms with Gasteiger partial charge in [-0.2, -0.15) is 5.10 Å². The van der Waals surface area contributed by atoms with Gasteiger partial charge in [-0.25, -0.2) is 4.99 Å². The van der Waals surface area contributed by atoms with Crippen LogP contribution in [0.15, 0.2) is 41.7 Å². The van der Waals surface area contributed by atoms with Crippen molar-refractivity contribution in [3.05, 3.63) is 53.3 Å². The van der Waals surface area contributed by atoms with Crippen molar-refractivity contribution in [1.29, 1.82) is 0 Å². The molecule has 0 fully saturated rings. The highest BCUT2D eigenvalue weighted by Crippen LogP contribution is 2.10. The fourth-order valence-electron chi connectivity index (χ4n) is 2.44. The molecule has 1 aromatic carbocycles. The molecule has 0 saturated heterocycles. The Kier molecular flexibility index (Phi) is 9.44. The number of hydrogen-bond donors (Lipinski definition) is 2. The average molecular weight is 441 g/mol. The summed E-state index contributed by atoms with van der Waals surface area (Å²) in [6.45, 7) is 9.47. The van der Waals surface area contributed by atoms with Crippen molar-refractivity contribution in [2.45, 2.75) is 40.3 Å². The molecule has 0 aliphatic rings. The van der Waals surface area contributed by atoms with Crippen molar-refractivity contribution in [3.63, 3.8) is 0 Å². The molecule has 2 aromatic rings. The second-order valence-electron chi connectivity index (χ2n) is 5.52. The molecule has 2 rings (SSSR count). The van der Waals surface area contributed by atoms with Gasteiger partial charge in [-0.1, -0.05) is 31.2 Å². The highest BCUT2D eigenvalue weighted by Gasteiger charge is 2.01. The van der Waals surface area contributed by atoms with E-state index in [0.29, 0.717) is 6.54 Å². The number of benzene rings is 1. The summed E-state index contributed by atoms with van der Waals surface area (Å²) < 4.78 is 1.94. The summed E-state index contributed by atoms with van der Waals surface area (Å²) in [4.78, 5) is 4.69. The summed E-state index contributed by atoms with van der Waals surface area (Å²) in [5, 5.41) is 10.9. The molecule has 0 saturated carbocycles. The molecule has 0 spiro atoms. The Bertz CT molecular complexity index is 636. The number of nitrogens with zero attached hydrogens (tertiary/aromatic N) is 3. The Morgan fingerprint density at radius 2 is 1.92 bits per heavy atom. The second-order valence-corrected chi connectivity index (χ2v) is 5.52. The molecule has 5 nitrogen and oxygen atoms in total. The van der Waals surface area contributed by atoms with Gasteiger partial charge in [-0.3, -0.25) is 4.68 Å². The first kappa shape index (κ1) is 20.5. The Hall–Kier alpha value is -1.57. The van der Waals surface area contributed by atoms with Gasteiger partial charge < -0.3 is 10.6 Å². The summed E-state index contributed by atoms with van der Waals surface area (Å²) >= 11 is 0. The molecular weight excluding hydrogens is 413 g/mol. The zero-order valence-corrected chi connectivity index (χ0v) is 17.1. The number of aromatic nitrogens is 2. The molecule has 6 heteroatoms. The topological polar surface area (TPSA) is 54.2 Å². The maximum absolute atomic E-state index is 4.69. The smallest absolute Gasteiger partial charge is 0.191 e. The Morgan fingerprint density at radius 1 is 1.17 bits per heavy atom. The molecule has 1 aromatic heterocycles. The van der Waals surface area contributed by atoms with E-state index in [2.05, 4.69) is 53.8 Å². The molecule has 0 bridgehead atoms. The summed E-state index contributed by atoms with van der Waals surface area (Å²) in [5.41, 5.74) is 3.83.